The number of nitrogens with two attached hydrogens (primary N) is 1. The first-order chi connectivity index (χ1) is 12.7. The van der Waals surface area contributed by atoms with Crippen molar-refractivity contribution in [1.82, 2.24) is 9.55 Å². The fraction of sp³-hybridized carbons (Fsp3) is 0.312. The number of nitrogens with zero attached hydrogens (tertiary/aromatic N) is 2. The third kappa shape index (κ3) is 3.14. The van der Waals surface area contributed by atoms with E-state index in [1.165, 1.54) is 12.1 Å². The number of hydrogen-bond acceptors (Lipinski definition) is 8. The molecule has 2 aromatic rings. The van der Waals surface area contributed by atoms with Crippen LogP contribution in [0.25, 0.3) is 0 Å². The Labute approximate surface area is 165 Å². The van der Waals surface area contributed by atoms with Crippen molar-refractivity contribution in [3.05, 3.63) is 55.9 Å². The van der Waals surface area contributed by atoms with E-state index in [1.54, 1.807) is 12.1 Å². The van der Waals surface area contributed by atoms with Crippen molar-refractivity contribution >= 4 is 34.2 Å². The summed E-state index contributed by atoms with van der Waals surface area (Å²) in [6.45, 7) is -0.750. The SMILES string of the molecule is Nc1nc(=O)n([C@]2(C(=O)c3ccc(I)cc3)O[C@H](CO)[C@@H](O)[C@H]2O)cc1F. The van der Waals surface area contributed by atoms with E-state index in [9.17, 15) is 29.3 Å². The van der Waals surface area contributed by atoms with Crippen LogP contribution in [0.5, 0.6) is 0 Å². The molecule has 144 valence electrons. The van der Waals surface area contributed by atoms with Crippen molar-refractivity contribution in [3.63, 3.8) is 0 Å². The lowest BCUT2D eigenvalue weighted by atomic mass is 9.93. The molecule has 5 N–H and O–H groups in total. The van der Waals surface area contributed by atoms with Crippen molar-refractivity contribution in [2.24, 2.45) is 0 Å². The maximum absolute atomic E-state index is 14.0. The Hall–Kier alpha value is -1.93. The Bertz CT molecular complexity index is 937. The van der Waals surface area contributed by atoms with Crippen LogP contribution >= 0.6 is 22.6 Å². The van der Waals surface area contributed by atoms with Gasteiger partial charge in [0, 0.05) is 9.13 Å². The first-order valence-electron chi connectivity index (χ1n) is 7.72. The van der Waals surface area contributed by atoms with Gasteiger partial charge in [0.15, 0.2) is 11.6 Å². The highest BCUT2D eigenvalue weighted by Crippen LogP contribution is 2.38. The minimum atomic E-state index is -2.53. The molecule has 1 aliphatic rings. The number of carbonyl (C=O) groups excluding carboxylic acids is 1. The second kappa shape index (κ2) is 7.24. The number of anilines is 1. The predicted molar refractivity (Wildman–Crippen MR) is 98.3 cm³/mol. The van der Waals surface area contributed by atoms with Crippen LogP contribution in [0.1, 0.15) is 10.4 Å². The normalized spacial score (nSPS) is 27.7. The summed E-state index contributed by atoms with van der Waals surface area (Å²) in [5, 5.41) is 30.1. The lowest BCUT2D eigenvalue weighted by Gasteiger charge is -2.32. The largest absolute Gasteiger partial charge is 0.394 e. The van der Waals surface area contributed by atoms with Crippen LogP contribution in [-0.4, -0.2) is 55.6 Å². The van der Waals surface area contributed by atoms with Gasteiger partial charge in [0.25, 0.3) is 0 Å². The molecule has 2 heterocycles. The third-order valence-electron chi connectivity index (χ3n) is 4.32. The fourth-order valence-corrected chi connectivity index (χ4v) is 3.30. The highest BCUT2D eigenvalue weighted by atomic mass is 127. The zero-order chi connectivity index (χ0) is 19.9. The van der Waals surface area contributed by atoms with Gasteiger partial charge in [0.1, 0.15) is 18.3 Å². The van der Waals surface area contributed by atoms with Gasteiger partial charge in [-0.3, -0.25) is 9.36 Å². The summed E-state index contributed by atoms with van der Waals surface area (Å²) >= 11 is 2.02. The number of hydrogen-bond donors (Lipinski definition) is 4. The van der Waals surface area contributed by atoms with E-state index in [1.807, 2.05) is 22.6 Å². The van der Waals surface area contributed by atoms with Crippen LogP contribution in [0.4, 0.5) is 10.2 Å². The average Bonchev–Trinajstić information content (AvgIpc) is 2.90. The number of rotatable bonds is 4. The summed E-state index contributed by atoms with van der Waals surface area (Å²) in [5.74, 6) is -2.74. The molecule has 1 aromatic carbocycles. The summed E-state index contributed by atoms with van der Waals surface area (Å²) < 4.78 is 20.7. The van der Waals surface area contributed by atoms with E-state index < -0.39 is 53.8 Å². The Morgan fingerprint density at radius 1 is 1.37 bits per heavy atom. The number of ether oxygens (including phenoxy) is 1. The summed E-state index contributed by atoms with van der Waals surface area (Å²) in [7, 11) is 0. The van der Waals surface area contributed by atoms with Crippen LogP contribution in [0.15, 0.2) is 35.3 Å². The number of aliphatic hydroxyl groups excluding tert-OH is 3. The molecule has 1 fully saturated rings. The van der Waals surface area contributed by atoms with Gasteiger partial charge in [0.2, 0.25) is 11.5 Å². The number of aromatic nitrogens is 2. The summed E-state index contributed by atoms with van der Waals surface area (Å²) in [4.78, 5) is 28.8. The molecular formula is C16H15FIN3O6. The molecule has 0 radical (unpaired) electrons. The number of carbonyl (C=O) groups is 1. The Morgan fingerprint density at radius 3 is 2.56 bits per heavy atom. The van der Waals surface area contributed by atoms with Gasteiger partial charge >= 0.3 is 5.69 Å². The zero-order valence-electron chi connectivity index (χ0n) is 13.6. The summed E-state index contributed by atoms with van der Waals surface area (Å²) in [5.41, 5.74) is 1.61. The predicted octanol–water partition coefficient (Wildman–Crippen LogP) is -0.782. The third-order valence-corrected chi connectivity index (χ3v) is 5.03. The van der Waals surface area contributed by atoms with E-state index in [-0.39, 0.29) is 5.56 Å². The number of ketones is 1. The maximum Gasteiger partial charge on any atom is 0.352 e. The van der Waals surface area contributed by atoms with E-state index >= 15 is 0 Å². The quantitative estimate of drug-likeness (QED) is 0.322. The monoisotopic (exact) mass is 491 g/mol. The van der Waals surface area contributed by atoms with Gasteiger partial charge in [-0.25, -0.2) is 9.18 Å². The minimum absolute atomic E-state index is 0.0318. The number of aliphatic hydroxyl groups is 3. The van der Waals surface area contributed by atoms with Gasteiger partial charge in [-0.05, 0) is 34.7 Å². The molecule has 9 nitrogen and oxygen atoms in total. The highest BCUT2D eigenvalue weighted by Gasteiger charge is 2.61. The molecule has 11 heteroatoms. The Kier molecular flexibility index (Phi) is 5.31. The molecule has 27 heavy (non-hydrogen) atoms. The van der Waals surface area contributed by atoms with E-state index in [0.717, 1.165) is 3.57 Å². The van der Waals surface area contributed by atoms with Crippen molar-refractivity contribution < 1.29 is 29.2 Å². The first kappa shape index (κ1) is 19.8. The molecule has 0 unspecified atom stereocenters. The van der Waals surface area contributed by atoms with Crippen LogP contribution in [0.3, 0.4) is 0 Å². The molecule has 4 atom stereocenters. The highest BCUT2D eigenvalue weighted by molar-refractivity contribution is 14.1. The lowest BCUT2D eigenvalue weighted by molar-refractivity contribution is -0.118. The van der Waals surface area contributed by atoms with Crippen molar-refractivity contribution in [1.29, 1.82) is 0 Å². The van der Waals surface area contributed by atoms with Gasteiger partial charge in [-0.15, -0.1) is 0 Å². The lowest BCUT2D eigenvalue weighted by Crippen LogP contribution is -2.56. The van der Waals surface area contributed by atoms with Crippen molar-refractivity contribution in [3.8, 4) is 0 Å². The first-order valence-corrected chi connectivity index (χ1v) is 8.80. The van der Waals surface area contributed by atoms with Crippen molar-refractivity contribution in [2.45, 2.75) is 24.0 Å². The molecule has 0 bridgehead atoms. The molecule has 1 aromatic heterocycles. The number of Topliss-reactive ketones (excluding diaryl/α,β-unsaturated/α-hetero) is 1. The number of halogens is 2. The Morgan fingerprint density at radius 2 is 2.00 bits per heavy atom. The topological polar surface area (TPSA) is 148 Å². The van der Waals surface area contributed by atoms with E-state index in [2.05, 4.69) is 4.98 Å². The van der Waals surface area contributed by atoms with Crippen molar-refractivity contribution in [2.75, 3.05) is 12.3 Å². The summed E-state index contributed by atoms with van der Waals surface area (Å²) in [6.07, 6.45) is -4.51. The average molecular weight is 491 g/mol. The van der Waals surface area contributed by atoms with E-state index in [0.29, 0.717) is 10.8 Å². The van der Waals surface area contributed by atoms with Crippen LogP contribution < -0.4 is 11.4 Å². The van der Waals surface area contributed by atoms with Gasteiger partial charge in [-0.2, -0.15) is 4.98 Å². The fourth-order valence-electron chi connectivity index (χ4n) is 2.94. The minimum Gasteiger partial charge on any atom is -0.394 e. The molecular weight excluding hydrogens is 476 g/mol. The number of benzene rings is 1. The van der Waals surface area contributed by atoms with Gasteiger partial charge in [-0.1, -0.05) is 12.1 Å². The molecule has 0 amide bonds. The standard InChI is InChI=1S/C16H15FIN3O6/c17-9-5-21(15(26)20-14(9)19)16(13(25)11(23)10(6-22)27-16)12(24)7-1-3-8(18)4-2-7/h1-5,10-11,13,22-23,25H,6H2,(H2,19,20,26)/t10-,11-,13-,16-/m1/s1. The van der Waals surface area contributed by atoms with E-state index in [4.69, 9.17) is 10.5 Å². The van der Waals surface area contributed by atoms with Gasteiger partial charge < -0.3 is 25.8 Å². The van der Waals surface area contributed by atoms with Crippen LogP contribution in [0.2, 0.25) is 0 Å². The second-order valence-corrected chi connectivity index (χ2v) is 7.18. The smallest absolute Gasteiger partial charge is 0.352 e. The Balaban J connectivity index is 2.25. The second-order valence-electron chi connectivity index (χ2n) is 5.93. The molecule has 0 aliphatic carbocycles. The molecule has 3 rings (SSSR count). The maximum atomic E-state index is 14.0. The zero-order valence-corrected chi connectivity index (χ0v) is 15.8. The molecule has 1 saturated heterocycles. The molecule has 1 aliphatic heterocycles. The van der Waals surface area contributed by atoms with Crippen LogP contribution in [-0.2, 0) is 10.5 Å². The number of nitrogen functional groups attached to an aromatic ring is 1. The van der Waals surface area contributed by atoms with Gasteiger partial charge in [0.05, 0.1) is 12.8 Å². The molecule has 0 saturated carbocycles. The van der Waals surface area contributed by atoms with Crippen LogP contribution in [0, 0.1) is 9.39 Å². The summed E-state index contributed by atoms with van der Waals surface area (Å²) in [6, 6.07) is 6.06. The molecule has 0 spiro atoms.